The van der Waals surface area contributed by atoms with E-state index in [2.05, 4.69) is 0 Å². The van der Waals surface area contributed by atoms with Gasteiger partial charge in [-0.05, 0) is 47.3 Å². The first-order valence-electron chi connectivity index (χ1n) is 4.77. The first-order valence-corrected chi connectivity index (χ1v) is 5.85. The van der Waals surface area contributed by atoms with Crippen LogP contribution < -0.4 is 4.74 Å². The fourth-order valence-electron chi connectivity index (χ4n) is 1.03. The van der Waals surface area contributed by atoms with Crippen molar-refractivity contribution in [2.75, 3.05) is 6.61 Å². The van der Waals surface area contributed by atoms with Crippen LogP contribution in [0.3, 0.4) is 0 Å². The van der Waals surface area contributed by atoms with Crippen molar-refractivity contribution in [1.29, 1.82) is 0 Å². The van der Waals surface area contributed by atoms with Gasteiger partial charge < -0.3 is 9.29 Å². The molecule has 0 fully saturated rings. The highest BCUT2D eigenvalue weighted by molar-refractivity contribution is 7.79. The lowest BCUT2D eigenvalue weighted by atomic mass is 10.2. The van der Waals surface area contributed by atoms with Crippen LogP contribution in [-0.4, -0.2) is 15.4 Å². The highest BCUT2D eigenvalue weighted by atomic mass is 32.2. The van der Waals surface area contributed by atoms with Gasteiger partial charge in [-0.2, -0.15) is 0 Å². The lowest BCUT2D eigenvalue weighted by molar-refractivity contribution is 0.345. The molecule has 0 bridgehead atoms. The van der Waals surface area contributed by atoms with E-state index in [4.69, 9.17) is 4.74 Å². The summed E-state index contributed by atoms with van der Waals surface area (Å²) in [5.41, 5.74) is 0.552. The molecule has 0 heterocycles. The smallest absolute Gasteiger partial charge is 0.119 e. The van der Waals surface area contributed by atoms with Gasteiger partial charge in [-0.3, -0.25) is 4.21 Å². The van der Waals surface area contributed by atoms with E-state index >= 15 is 0 Å². The molecule has 88 valence electrons. The summed E-state index contributed by atoms with van der Waals surface area (Å²) in [6, 6.07) is 5.94. The summed E-state index contributed by atoms with van der Waals surface area (Å²) in [5.74, 6) is 0.516. The number of benzene rings is 1. The average molecular weight is 243 g/mol. The summed E-state index contributed by atoms with van der Waals surface area (Å²) >= 11 is -2.23. The van der Waals surface area contributed by atoms with Crippen LogP contribution in [0.25, 0.3) is 0 Å². The molecule has 1 aromatic rings. The van der Waals surface area contributed by atoms with Crippen LogP contribution in [0.1, 0.15) is 13.3 Å². The van der Waals surface area contributed by atoms with Crippen molar-refractivity contribution in [1.82, 2.24) is 0 Å². The molecule has 1 atom stereocenters. The monoisotopic (exact) mass is 243 g/mol. The Kier molecular flexibility index (Phi) is 5.14. The Labute approximate surface area is 96.2 Å². The Bertz CT molecular complexity index is 387. The molecule has 0 aliphatic carbocycles. The Morgan fingerprint density at radius 1 is 1.50 bits per heavy atom. The molecule has 0 aliphatic heterocycles. The number of ether oxygens (including phenoxy) is 1. The van der Waals surface area contributed by atoms with E-state index in [0.29, 0.717) is 24.1 Å². The predicted molar refractivity (Wildman–Crippen MR) is 58.6 cm³/mol. The molecular weight excluding hydrogens is 231 g/mol. The fourth-order valence-corrected chi connectivity index (χ4v) is 1.39. The summed E-state index contributed by atoms with van der Waals surface area (Å²) < 4.78 is 38.6. The van der Waals surface area contributed by atoms with Crippen molar-refractivity contribution in [3.05, 3.63) is 36.2 Å². The highest BCUT2D eigenvalue weighted by Gasteiger charge is 1.98. The number of hydrogen-bond acceptors (Lipinski definition) is 3. The Balaban J connectivity index is 2.59. The molecule has 1 aromatic carbocycles. The largest absolute Gasteiger partial charge is 0.768 e. The first-order chi connectivity index (χ1) is 7.67. The van der Waals surface area contributed by atoms with Crippen LogP contribution in [0.2, 0.25) is 0 Å². The van der Waals surface area contributed by atoms with Gasteiger partial charge in [-0.1, -0.05) is 6.92 Å². The van der Waals surface area contributed by atoms with Crippen LogP contribution >= 0.6 is 0 Å². The van der Waals surface area contributed by atoms with E-state index < -0.39 is 11.1 Å². The Morgan fingerprint density at radius 3 is 2.56 bits per heavy atom. The maximum absolute atomic E-state index is 12.2. The SMILES string of the molecule is CC/C(=C\F)COc1ccc(S(=O)[O-])cc1. The zero-order valence-corrected chi connectivity index (χ0v) is 9.63. The molecule has 1 rings (SSSR count). The number of hydrogen-bond donors (Lipinski definition) is 0. The zero-order chi connectivity index (χ0) is 12.0. The molecule has 1 unspecified atom stereocenters. The van der Waals surface area contributed by atoms with Crippen molar-refractivity contribution in [2.24, 2.45) is 0 Å². The molecule has 3 nitrogen and oxygen atoms in total. The summed E-state index contributed by atoms with van der Waals surface area (Å²) in [5, 5.41) is 0. The summed E-state index contributed by atoms with van der Waals surface area (Å²) in [6.07, 6.45) is 1.11. The van der Waals surface area contributed by atoms with Crippen LogP contribution in [0.15, 0.2) is 41.1 Å². The van der Waals surface area contributed by atoms with Crippen molar-refractivity contribution >= 4 is 11.1 Å². The Morgan fingerprint density at radius 2 is 2.12 bits per heavy atom. The highest BCUT2D eigenvalue weighted by Crippen LogP contribution is 2.15. The van der Waals surface area contributed by atoms with Gasteiger partial charge in [-0.25, -0.2) is 4.39 Å². The first kappa shape index (κ1) is 12.9. The molecule has 0 N–H and O–H groups in total. The molecule has 5 heteroatoms. The molecule has 0 saturated carbocycles. The van der Waals surface area contributed by atoms with Gasteiger partial charge in [0, 0.05) is 4.90 Å². The Hall–Kier alpha value is -1.20. The van der Waals surface area contributed by atoms with Gasteiger partial charge in [0.15, 0.2) is 0 Å². The molecule has 0 amide bonds. The average Bonchev–Trinajstić information content (AvgIpc) is 2.31. The van der Waals surface area contributed by atoms with E-state index in [9.17, 15) is 13.2 Å². The lowest BCUT2D eigenvalue weighted by Gasteiger charge is -2.09. The topological polar surface area (TPSA) is 49.4 Å². The standard InChI is InChI=1S/C11H13FO3S/c1-2-9(7-12)8-15-10-3-5-11(6-4-10)16(13)14/h3-7H,2,8H2,1H3,(H,13,14)/p-1/b9-7+. The van der Waals surface area contributed by atoms with Crippen LogP contribution in [0, 0.1) is 0 Å². The molecule has 0 radical (unpaired) electrons. The van der Waals surface area contributed by atoms with E-state index in [1.54, 1.807) is 0 Å². The van der Waals surface area contributed by atoms with E-state index in [0.717, 1.165) is 0 Å². The summed E-state index contributed by atoms with van der Waals surface area (Å²) in [6.45, 7) is 2.01. The molecule has 16 heavy (non-hydrogen) atoms. The molecule has 0 saturated heterocycles. The minimum absolute atomic E-state index is 0.173. The third-order valence-corrected chi connectivity index (χ3v) is 2.71. The second-order valence-electron chi connectivity index (χ2n) is 3.12. The molecule has 0 aromatic heterocycles. The van der Waals surface area contributed by atoms with E-state index in [1.165, 1.54) is 24.3 Å². The van der Waals surface area contributed by atoms with E-state index in [1.807, 2.05) is 6.92 Å². The second-order valence-corrected chi connectivity index (χ2v) is 4.06. The summed E-state index contributed by atoms with van der Waals surface area (Å²) in [7, 11) is 0. The second kappa shape index (κ2) is 6.40. The minimum Gasteiger partial charge on any atom is -0.768 e. The quantitative estimate of drug-likeness (QED) is 0.747. The molecular formula is C11H12FO3S-. The van der Waals surface area contributed by atoms with Crippen molar-refractivity contribution < 1.29 is 17.9 Å². The maximum atomic E-state index is 12.2. The normalized spacial score (nSPS) is 13.6. The van der Waals surface area contributed by atoms with Gasteiger partial charge in [0.2, 0.25) is 0 Å². The fraction of sp³-hybridized carbons (Fsp3) is 0.273. The van der Waals surface area contributed by atoms with Gasteiger partial charge in [0.1, 0.15) is 12.4 Å². The third kappa shape index (κ3) is 3.75. The van der Waals surface area contributed by atoms with Gasteiger partial charge in [0.05, 0.1) is 6.33 Å². The molecule has 0 aliphatic rings. The maximum Gasteiger partial charge on any atom is 0.119 e. The third-order valence-electron chi connectivity index (χ3n) is 2.05. The zero-order valence-electron chi connectivity index (χ0n) is 8.81. The van der Waals surface area contributed by atoms with E-state index in [-0.39, 0.29) is 11.5 Å². The number of halogens is 1. The summed E-state index contributed by atoms with van der Waals surface area (Å²) in [4.78, 5) is 0.198. The van der Waals surface area contributed by atoms with Gasteiger partial charge in [0.25, 0.3) is 0 Å². The lowest BCUT2D eigenvalue weighted by Crippen LogP contribution is -2.00. The number of rotatable bonds is 5. The van der Waals surface area contributed by atoms with Crippen molar-refractivity contribution in [3.8, 4) is 5.75 Å². The van der Waals surface area contributed by atoms with Crippen LogP contribution in [0.4, 0.5) is 4.39 Å². The minimum atomic E-state index is -2.23. The van der Waals surface area contributed by atoms with Crippen molar-refractivity contribution in [2.45, 2.75) is 18.2 Å². The predicted octanol–water partition coefficient (Wildman–Crippen LogP) is 2.57. The van der Waals surface area contributed by atoms with Crippen LogP contribution in [0.5, 0.6) is 5.75 Å². The molecule has 0 spiro atoms. The van der Waals surface area contributed by atoms with Crippen molar-refractivity contribution in [3.63, 3.8) is 0 Å². The van der Waals surface area contributed by atoms with Gasteiger partial charge in [-0.15, -0.1) is 0 Å². The van der Waals surface area contributed by atoms with Gasteiger partial charge >= 0.3 is 0 Å². The van der Waals surface area contributed by atoms with Crippen LogP contribution in [-0.2, 0) is 11.1 Å².